The minimum absolute atomic E-state index is 0.216. The fourth-order valence-corrected chi connectivity index (χ4v) is 3.70. The second-order valence-corrected chi connectivity index (χ2v) is 6.31. The van der Waals surface area contributed by atoms with Gasteiger partial charge in [-0.1, -0.05) is 12.1 Å². The van der Waals surface area contributed by atoms with Crippen LogP contribution in [0.5, 0.6) is 11.5 Å². The molecule has 7 nitrogen and oxygen atoms in total. The van der Waals surface area contributed by atoms with Gasteiger partial charge in [0.15, 0.2) is 11.5 Å². The predicted molar refractivity (Wildman–Crippen MR) is 96.4 cm³/mol. The van der Waals surface area contributed by atoms with Crippen LogP contribution < -0.4 is 14.8 Å². The van der Waals surface area contributed by atoms with E-state index >= 15 is 0 Å². The van der Waals surface area contributed by atoms with E-state index < -0.39 is 0 Å². The second-order valence-electron chi connectivity index (χ2n) is 6.31. The van der Waals surface area contributed by atoms with E-state index in [1.807, 2.05) is 32.0 Å². The molecule has 2 heterocycles. The molecule has 0 amide bonds. The Bertz CT molecular complexity index is 858. The van der Waals surface area contributed by atoms with Gasteiger partial charge in [-0.05, 0) is 38.0 Å². The fourth-order valence-electron chi connectivity index (χ4n) is 3.70. The van der Waals surface area contributed by atoms with Gasteiger partial charge in [0, 0.05) is 12.1 Å². The molecule has 2 atom stereocenters. The number of Topliss-reactive ketones (excluding diaryl/α,β-unsaturated/α-hetero) is 1. The summed E-state index contributed by atoms with van der Waals surface area (Å²) in [6.45, 7) is 4.98. The number of nitrogens with zero attached hydrogens (tertiary/aromatic N) is 3. The summed E-state index contributed by atoms with van der Waals surface area (Å²) in [5, 5.41) is 7.62. The summed E-state index contributed by atoms with van der Waals surface area (Å²) in [7, 11) is 0. The van der Waals surface area contributed by atoms with Crippen LogP contribution in [-0.2, 0) is 4.79 Å². The number of hydrogen-bond acceptors (Lipinski definition) is 6. The molecule has 1 aliphatic carbocycles. The molecule has 26 heavy (non-hydrogen) atoms. The van der Waals surface area contributed by atoms with Crippen molar-refractivity contribution in [2.75, 3.05) is 18.5 Å². The molecule has 0 saturated heterocycles. The number of ketones is 1. The van der Waals surface area contributed by atoms with E-state index in [0.29, 0.717) is 37.1 Å². The first-order chi connectivity index (χ1) is 12.7. The van der Waals surface area contributed by atoms with Crippen LogP contribution in [0.15, 0.2) is 36.3 Å². The van der Waals surface area contributed by atoms with Gasteiger partial charge in [-0.25, -0.2) is 4.68 Å². The summed E-state index contributed by atoms with van der Waals surface area (Å²) in [5.41, 5.74) is 1.87. The molecule has 0 radical (unpaired) electrons. The molecule has 1 aromatic heterocycles. The predicted octanol–water partition coefficient (Wildman–Crippen LogP) is 2.95. The van der Waals surface area contributed by atoms with Gasteiger partial charge in [-0.2, -0.15) is 10.1 Å². The fraction of sp³-hybridized carbons (Fsp3) is 0.421. The summed E-state index contributed by atoms with van der Waals surface area (Å²) < 4.78 is 13.2. The minimum Gasteiger partial charge on any atom is -0.490 e. The van der Waals surface area contributed by atoms with Crippen LogP contribution in [0.25, 0.3) is 0 Å². The number of aromatic nitrogens is 3. The van der Waals surface area contributed by atoms with Gasteiger partial charge in [0.25, 0.3) is 0 Å². The van der Waals surface area contributed by atoms with Crippen molar-refractivity contribution in [3.05, 3.63) is 41.9 Å². The Morgan fingerprint density at radius 1 is 1.23 bits per heavy atom. The van der Waals surface area contributed by atoms with Crippen molar-refractivity contribution in [2.24, 2.45) is 5.92 Å². The molecule has 4 rings (SSSR count). The van der Waals surface area contributed by atoms with E-state index in [0.717, 1.165) is 17.7 Å². The van der Waals surface area contributed by atoms with E-state index in [1.54, 1.807) is 4.68 Å². The molecule has 0 fully saturated rings. The van der Waals surface area contributed by atoms with Gasteiger partial charge in [0.1, 0.15) is 12.1 Å². The molecular weight excluding hydrogens is 332 g/mol. The van der Waals surface area contributed by atoms with Crippen molar-refractivity contribution in [3.63, 3.8) is 0 Å². The van der Waals surface area contributed by atoms with Crippen LogP contribution in [0, 0.1) is 5.92 Å². The smallest absolute Gasteiger partial charge is 0.226 e. The maximum absolute atomic E-state index is 12.7. The zero-order valence-corrected chi connectivity index (χ0v) is 14.9. The lowest BCUT2D eigenvalue weighted by molar-refractivity contribution is -0.123. The number of ether oxygens (including phenoxy) is 2. The van der Waals surface area contributed by atoms with Crippen LogP contribution in [0.2, 0.25) is 0 Å². The van der Waals surface area contributed by atoms with Crippen molar-refractivity contribution >= 4 is 11.7 Å². The molecule has 7 heteroatoms. The lowest BCUT2D eigenvalue weighted by Crippen LogP contribution is -2.38. The van der Waals surface area contributed by atoms with Crippen molar-refractivity contribution in [3.8, 4) is 11.5 Å². The van der Waals surface area contributed by atoms with E-state index in [1.165, 1.54) is 6.33 Å². The molecule has 1 aliphatic heterocycles. The number of rotatable bonds is 5. The lowest BCUT2D eigenvalue weighted by Gasteiger charge is -2.36. The molecule has 1 aromatic carbocycles. The molecule has 0 saturated carbocycles. The third-order valence-electron chi connectivity index (χ3n) is 4.75. The van der Waals surface area contributed by atoms with Crippen molar-refractivity contribution in [2.45, 2.75) is 32.7 Å². The number of nitrogens with one attached hydrogen (secondary N) is 1. The van der Waals surface area contributed by atoms with E-state index in [9.17, 15) is 4.79 Å². The number of anilines is 1. The Labute approximate surface area is 152 Å². The third-order valence-corrected chi connectivity index (χ3v) is 4.75. The monoisotopic (exact) mass is 354 g/mol. The van der Waals surface area contributed by atoms with Gasteiger partial charge < -0.3 is 14.8 Å². The zero-order chi connectivity index (χ0) is 18.1. The summed E-state index contributed by atoms with van der Waals surface area (Å²) in [6, 6.07) is 5.59. The van der Waals surface area contributed by atoms with Gasteiger partial charge in [0.2, 0.25) is 5.95 Å². The highest BCUT2D eigenvalue weighted by Crippen LogP contribution is 2.42. The van der Waals surface area contributed by atoms with E-state index in [4.69, 9.17) is 9.47 Å². The topological polar surface area (TPSA) is 78.3 Å². The van der Waals surface area contributed by atoms with Crippen LogP contribution in [-0.4, -0.2) is 33.8 Å². The Kier molecular flexibility index (Phi) is 4.36. The number of hydrogen-bond donors (Lipinski definition) is 1. The van der Waals surface area contributed by atoms with Crippen LogP contribution >= 0.6 is 0 Å². The summed E-state index contributed by atoms with van der Waals surface area (Å²) in [6.07, 6.45) is 4.91. The number of benzene rings is 1. The molecule has 2 aromatic rings. The summed E-state index contributed by atoms with van der Waals surface area (Å²) in [5.74, 6) is 1.97. The highest BCUT2D eigenvalue weighted by atomic mass is 16.5. The van der Waals surface area contributed by atoms with Gasteiger partial charge >= 0.3 is 0 Å². The van der Waals surface area contributed by atoms with Crippen molar-refractivity contribution in [1.82, 2.24) is 14.8 Å². The summed E-state index contributed by atoms with van der Waals surface area (Å²) in [4.78, 5) is 17.0. The normalized spacial score (nSPS) is 21.3. The first-order valence-corrected chi connectivity index (χ1v) is 9.01. The SMILES string of the molecule is CCOc1ccc(C2C3C(=O)CCC=C3Nc3ncnn32)cc1OCC. The first kappa shape index (κ1) is 16.6. The Morgan fingerprint density at radius 3 is 2.85 bits per heavy atom. The number of carbonyl (C=O) groups excluding carboxylic acids is 1. The Hall–Kier alpha value is -2.83. The quantitative estimate of drug-likeness (QED) is 0.889. The standard InChI is InChI=1S/C19H22N4O3/c1-3-25-15-9-8-12(10-16(15)26-4-2)18-17-13(6-5-7-14(17)24)22-19-20-11-21-23(18)19/h6,8-11,17-18H,3-5,7H2,1-2H3,(H,20,21,22). The van der Waals surface area contributed by atoms with Gasteiger partial charge in [0.05, 0.1) is 25.2 Å². The van der Waals surface area contributed by atoms with Crippen LogP contribution in [0.4, 0.5) is 5.95 Å². The molecule has 0 spiro atoms. The molecule has 0 bridgehead atoms. The lowest BCUT2D eigenvalue weighted by atomic mass is 9.81. The second kappa shape index (κ2) is 6.82. The van der Waals surface area contributed by atoms with E-state index in [2.05, 4.69) is 21.5 Å². The Balaban J connectivity index is 1.82. The van der Waals surface area contributed by atoms with E-state index in [-0.39, 0.29) is 17.7 Å². The van der Waals surface area contributed by atoms with Crippen LogP contribution in [0.3, 0.4) is 0 Å². The van der Waals surface area contributed by atoms with Crippen LogP contribution in [0.1, 0.15) is 38.3 Å². The Morgan fingerprint density at radius 2 is 2.04 bits per heavy atom. The average Bonchev–Trinajstić information content (AvgIpc) is 3.10. The summed E-state index contributed by atoms with van der Waals surface area (Å²) >= 11 is 0. The number of carbonyl (C=O) groups is 1. The molecule has 2 aliphatic rings. The number of allylic oxidation sites excluding steroid dienone is 2. The maximum atomic E-state index is 12.7. The van der Waals surface area contributed by atoms with Crippen molar-refractivity contribution in [1.29, 1.82) is 0 Å². The number of fused-ring (bicyclic) bond motifs is 2. The largest absolute Gasteiger partial charge is 0.490 e. The highest BCUT2D eigenvalue weighted by molar-refractivity contribution is 5.87. The maximum Gasteiger partial charge on any atom is 0.226 e. The van der Waals surface area contributed by atoms with Gasteiger partial charge in [-0.3, -0.25) is 4.79 Å². The van der Waals surface area contributed by atoms with Gasteiger partial charge in [-0.15, -0.1) is 0 Å². The molecule has 2 unspecified atom stereocenters. The molecule has 136 valence electrons. The average molecular weight is 354 g/mol. The van der Waals surface area contributed by atoms with Crippen molar-refractivity contribution < 1.29 is 14.3 Å². The molecule has 1 N–H and O–H groups in total. The zero-order valence-electron chi connectivity index (χ0n) is 14.9. The minimum atomic E-state index is -0.287. The first-order valence-electron chi connectivity index (χ1n) is 9.01. The third kappa shape index (κ3) is 2.73. The molecular formula is C19H22N4O3. The highest BCUT2D eigenvalue weighted by Gasteiger charge is 2.41.